The van der Waals surface area contributed by atoms with Crippen LogP contribution in [0, 0.1) is 13.8 Å². The summed E-state index contributed by atoms with van der Waals surface area (Å²) in [6.07, 6.45) is 2.89. The maximum atomic E-state index is 10.2. The Kier molecular flexibility index (Phi) is 4.41. The van der Waals surface area contributed by atoms with Crippen LogP contribution in [0.25, 0.3) is 0 Å². The summed E-state index contributed by atoms with van der Waals surface area (Å²) < 4.78 is 7.45. The second-order valence-electron chi connectivity index (χ2n) is 5.92. The van der Waals surface area contributed by atoms with Gasteiger partial charge in [0, 0.05) is 0 Å². The third-order valence-corrected chi connectivity index (χ3v) is 4.74. The van der Waals surface area contributed by atoms with Crippen molar-refractivity contribution in [1.29, 1.82) is 0 Å². The van der Waals surface area contributed by atoms with Crippen LogP contribution in [0.2, 0.25) is 5.02 Å². The molecule has 0 spiro atoms. The Balaban J connectivity index is 1.58. The number of benzene rings is 1. The number of halogens is 1. The monoisotopic (exact) mass is 320 g/mol. The number of aliphatic hydroxyl groups is 1. The van der Waals surface area contributed by atoms with Crippen molar-refractivity contribution in [2.75, 3.05) is 6.61 Å². The molecule has 0 unspecified atom stereocenters. The fourth-order valence-electron chi connectivity index (χ4n) is 2.94. The minimum atomic E-state index is -0.623. The average Bonchev–Trinajstić information content (AvgIpc) is 3.06. The van der Waals surface area contributed by atoms with Gasteiger partial charge in [0.05, 0.1) is 23.0 Å². The van der Waals surface area contributed by atoms with E-state index in [2.05, 4.69) is 17.2 Å². The molecule has 1 N–H and O–H groups in total. The largest absolute Gasteiger partial charge is 0.491 e. The van der Waals surface area contributed by atoms with Gasteiger partial charge in [-0.1, -0.05) is 17.7 Å². The quantitative estimate of drug-likeness (QED) is 0.921. The number of hydrogen-bond donors (Lipinski definition) is 1. The fourth-order valence-corrected chi connectivity index (χ4v) is 3.07. The zero-order valence-electron chi connectivity index (χ0n) is 13.0. The van der Waals surface area contributed by atoms with Gasteiger partial charge in [0.15, 0.2) is 0 Å². The van der Waals surface area contributed by atoms with Gasteiger partial charge in [-0.15, -0.1) is 0 Å². The molecule has 1 aromatic carbocycles. The van der Waals surface area contributed by atoms with E-state index in [1.54, 1.807) is 4.68 Å². The van der Waals surface area contributed by atoms with Crippen LogP contribution in [0.1, 0.15) is 28.9 Å². The molecule has 2 aromatic rings. The molecule has 0 radical (unpaired) electrons. The molecule has 1 heterocycles. The Morgan fingerprint density at radius 3 is 2.82 bits per heavy atom. The van der Waals surface area contributed by atoms with Crippen LogP contribution < -0.4 is 4.74 Å². The van der Waals surface area contributed by atoms with Crippen LogP contribution in [0.3, 0.4) is 0 Å². The summed E-state index contributed by atoms with van der Waals surface area (Å²) in [6.45, 7) is 4.38. The van der Waals surface area contributed by atoms with Crippen LogP contribution in [0.15, 0.2) is 18.2 Å². The second-order valence-corrected chi connectivity index (χ2v) is 6.29. The molecular formula is C17H21ClN2O2. The van der Waals surface area contributed by atoms with E-state index < -0.39 is 6.10 Å². The molecule has 3 rings (SSSR count). The first-order valence-corrected chi connectivity index (χ1v) is 8.04. The van der Waals surface area contributed by atoms with E-state index in [-0.39, 0.29) is 6.61 Å². The van der Waals surface area contributed by atoms with Gasteiger partial charge in [0.25, 0.3) is 0 Å². The number of nitrogens with zero attached hydrogens (tertiary/aromatic N) is 2. The maximum absolute atomic E-state index is 10.2. The molecule has 0 aliphatic heterocycles. The number of aliphatic hydroxyl groups excluding tert-OH is 1. The van der Waals surface area contributed by atoms with Gasteiger partial charge in [-0.3, -0.25) is 4.68 Å². The van der Waals surface area contributed by atoms with E-state index in [1.165, 1.54) is 17.5 Å². The molecule has 1 aromatic heterocycles. The van der Waals surface area contributed by atoms with Gasteiger partial charge in [-0.2, -0.15) is 5.10 Å². The molecule has 0 saturated carbocycles. The summed E-state index contributed by atoms with van der Waals surface area (Å²) in [5, 5.41) is 15.1. The van der Waals surface area contributed by atoms with Crippen molar-refractivity contribution in [3.8, 4) is 5.75 Å². The smallest absolute Gasteiger partial charge is 0.119 e. The van der Waals surface area contributed by atoms with E-state index in [0.717, 1.165) is 30.0 Å². The van der Waals surface area contributed by atoms with Gasteiger partial charge < -0.3 is 9.84 Å². The lowest BCUT2D eigenvalue weighted by Gasteiger charge is -2.14. The molecule has 5 heteroatoms. The predicted molar refractivity (Wildman–Crippen MR) is 86.7 cm³/mol. The molecule has 0 bridgehead atoms. The summed E-state index contributed by atoms with van der Waals surface area (Å²) in [4.78, 5) is 0. The van der Waals surface area contributed by atoms with Crippen molar-refractivity contribution in [2.45, 2.75) is 45.8 Å². The van der Waals surface area contributed by atoms with Gasteiger partial charge in [-0.05, 0) is 56.4 Å². The normalized spacial score (nSPS) is 14.9. The van der Waals surface area contributed by atoms with Crippen LogP contribution in [-0.2, 0) is 19.4 Å². The molecule has 118 valence electrons. The highest BCUT2D eigenvalue weighted by Gasteiger charge is 2.15. The number of aromatic nitrogens is 2. The topological polar surface area (TPSA) is 47.3 Å². The first-order chi connectivity index (χ1) is 10.5. The molecule has 0 fully saturated rings. The van der Waals surface area contributed by atoms with Gasteiger partial charge >= 0.3 is 0 Å². The lowest BCUT2D eigenvalue weighted by Crippen LogP contribution is -2.24. The Labute approximate surface area is 135 Å². The molecule has 22 heavy (non-hydrogen) atoms. The summed E-state index contributed by atoms with van der Waals surface area (Å²) in [7, 11) is 0. The maximum Gasteiger partial charge on any atom is 0.119 e. The highest BCUT2D eigenvalue weighted by atomic mass is 35.5. The lowest BCUT2D eigenvalue weighted by molar-refractivity contribution is 0.0887. The zero-order valence-corrected chi connectivity index (χ0v) is 13.7. The van der Waals surface area contributed by atoms with Crippen LogP contribution in [0.5, 0.6) is 5.75 Å². The molecule has 1 aliphatic carbocycles. The molecule has 0 amide bonds. The SMILES string of the molecule is Cc1nn(C[C@H](O)COc2ccc3c(c2)CCC3)c(C)c1Cl. The molecule has 1 atom stereocenters. The van der Waals surface area contributed by atoms with Crippen molar-refractivity contribution in [3.05, 3.63) is 45.7 Å². The minimum absolute atomic E-state index is 0.245. The van der Waals surface area contributed by atoms with Crippen molar-refractivity contribution >= 4 is 11.6 Å². The Morgan fingerprint density at radius 2 is 2.09 bits per heavy atom. The van der Waals surface area contributed by atoms with Crippen molar-refractivity contribution in [1.82, 2.24) is 9.78 Å². The summed E-state index contributed by atoms with van der Waals surface area (Å²) >= 11 is 6.11. The van der Waals surface area contributed by atoms with Gasteiger partial charge in [0.1, 0.15) is 18.5 Å². The molecule has 4 nitrogen and oxygen atoms in total. The average molecular weight is 321 g/mol. The third kappa shape index (κ3) is 3.13. The number of fused-ring (bicyclic) bond motifs is 1. The summed E-state index contributed by atoms with van der Waals surface area (Å²) in [6, 6.07) is 6.21. The molecular weight excluding hydrogens is 300 g/mol. The number of aryl methyl sites for hydroxylation is 3. The summed E-state index contributed by atoms with van der Waals surface area (Å²) in [5.74, 6) is 0.825. The van der Waals surface area contributed by atoms with E-state index in [1.807, 2.05) is 19.9 Å². The van der Waals surface area contributed by atoms with E-state index in [4.69, 9.17) is 16.3 Å². The standard InChI is InChI=1S/C17H21ClN2O2/c1-11-17(18)12(2)20(19-11)9-15(21)10-22-16-7-6-13-4-3-5-14(13)8-16/h6-8,15,21H,3-5,9-10H2,1-2H3/t15-/m0/s1. The highest BCUT2D eigenvalue weighted by Crippen LogP contribution is 2.26. The predicted octanol–water partition coefficient (Wildman–Crippen LogP) is 3.08. The van der Waals surface area contributed by atoms with Crippen molar-refractivity contribution in [3.63, 3.8) is 0 Å². The number of ether oxygens (including phenoxy) is 1. The second kappa shape index (κ2) is 6.31. The van der Waals surface area contributed by atoms with E-state index in [9.17, 15) is 5.11 Å². The third-order valence-electron chi connectivity index (χ3n) is 4.19. The van der Waals surface area contributed by atoms with Gasteiger partial charge in [-0.25, -0.2) is 0 Å². The Hall–Kier alpha value is -1.52. The summed E-state index contributed by atoms with van der Waals surface area (Å²) in [5.41, 5.74) is 4.45. The van der Waals surface area contributed by atoms with E-state index in [0.29, 0.717) is 11.6 Å². The highest BCUT2D eigenvalue weighted by molar-refractivity contribution is 6.31. The molecule has 1 aliphatic rings. The van der Waals surface area contributed by atoms with Gasteiger partial charge in [0.2, 0.25) is 0 Å². The fraction of sp³-hybridized carbons (Fsp3) is 0.471. The lowest BCUT2D eigenvalue weighted by atomic mass is 10.1. The Morgan fingerprint density at radius 1 is 1.32 bits per heavy atom. The minimum Gasteiger partial charge on any atom is -0.491 e. The Bertz CT molecular complexity index is 682. The first kappa shape index (κ1) is 15.4. The van der Waals surface area contributed by atoms with Crippen molar-refractivity contribution in [2.24, 2.45) is 0 Å². The van der Waals surface area contributed by atoms with Crippen LogP contribution in [0.4, 0.5) is 0 Å². The number of hydrogen-bond acceptors (Lipinski definition) is 3. The first-order valence-electron chi connectivity index (χ1n) is 7.67. The number of rotatable bonds is 5. The zero-order chi connectivity index (χ0) is 15.7. The molecule has 0 saturated heterocycles. The van der Waals surface area contributed by atoms with Crippen LogP contribution in [-0.4, -0.2) is 27.6 Å². The van der Waals surface area contributed by atoms with Crippen molar-refractivity contribution < 1.29 is 9.84 Å². The van der Waals surface area contributed by atoms with E-state index >= 15 is 0 Å². The van der Waals surface area contributed by atoms with Crippen LogP contribution >= 0.6 is 11.6 Å².